The van der Waals surface area contributed by atoms with Crippen LogP contribution in [0.25, 0.3) is 0 Å². The van der Waals surface area contributed by atoms with Gasteiger partial charge in [-0.1, -0.05) is 65.8 Å². The summed E-state index contributed by atoms with van der Waals surface area (Å²) in [4.78, 5) is 10.9. The zero-order valence-corrected chi connectivity index (χ0v) is 11.5. The molecule has 0 N–H and O–H groups in total. The lowest BCUT2D eigenvalue weighted by atomic mass is 9.71. The Morgan fingerprint density at radius 3 is 1.85 bits per heavy atom. The summed E-state index contributed by atoms with van der Waals surface area (Å²) in [5, 5.41) is 3.30. The number of hydrogen-bond acceptors (Lipinski definition) is 2. The lowest BCUT2D eigenvalue weighted by Gasteiger charge is -2.34. The van der Waals surface area contributed by atoms with Crippen LogP contribution >= 0.6 is 0 Å². The van der Waals surface area contributed by atoms with Gasteiger partial charge in [0.05, 0.1) is 6.04 Å². The van der Waals surface area contributed by atoms with E-state index in [0.717, 1.165) is 19.3 Å². The molecule has 2 nitrogen and oxygen atoms in total. The van der Waals surface area contributed by atoms with Crippen LogP contribution in [0.3, 0.4) is 0 Å². The summed E-state index contributed by atoms with van der Waals surface area (Å²) < 4.78 is 0. The van der Waals surface area contributed by atoms with Crippen LogP contribution in [0.5, 0.6) is 0 Å². The molecule has 0 heterocycles. The van der Waals surface area contributed by atoms with E-state index in [4.69, 9.17) is 0 Å². The van der Waals surface area contributed by atoms with Gasteiger partial charge in [-0.3, -0.25) is 0 Å². The Labute approximate surface area is 119 Å². The van der Waals surface area contributed by atoms with Gasteiger partial charge in [-0.15, -0.1) is 0 Å². The average molecular weight is 265 g/mol. The predicted molar refractivity (Wildman–Crippen MR) is 81.8 cm³/mol. The second-order valence-corrected chi connectivity index (χ2v) is 5.61. The number of nitroso groups, excluding NO2 is 1. The molecule has 102 valence electrons. The highest BCUT2D eigenvalue weighted by atomic mass is 16.3. The minimum absolute atomic E-state index is 0.0276. The molecular formula is C18H19NO. The van der Waals surface area contributed by atoms with Crippen molar-refractivity contribution in [3.05, 3.63) is 76.7 Å². The zero-order valence-electron chi connectivity index (χ0n) is 11.5. The van der Waals surface area contributed by atoms with Crippen LogP contribution in [0.4, 0.5) is 0 Å². The molecule has 2 aromatic rings. The Kier molecular flexibility index (Phi) is 3.91. The summed E-state index contributed by atoms with van der Waals surface area (Å²) in [6.45, 7) is 0. The number of benzene rings is 2. The van der Waals surface area contributed by atoms with Gasteiger partial charge in [0.15, 0.2) is 0 Å². The van der Waals surface area contributed by atoms with E-state index in [9.17, 15) is 4.91 Å². The number of nitrogens with zero attached hydrogens (tertiary/aromatic N) is 1. The fourth-order valence-corrected chi connectivity index (χ4v) is 3.41. The predicted octanol–water partition coefficient (Wildman–Crippen LogP) is 4.87. The van der Waals surface area contributed by atoms with E-state index in [2.05, 4.69) is 59.8 Å². The minimum Gasteiger partial charge on any atom is -0.151 e. The van der Waals surface area contributed by atoms with Crippen molar-refractivity contribution in [2.45, 2.75) is 37.1 Å². The van der Waals surface area contributed by atoms with Gasteiger partial charge in [-0.25, -0.2) is 0 Å². The van der Waals surface area contributed by atoms with E-state index in [0.29, 0.717) is 11.8 Å². The highest BCUT2D eigenvalue weighted by Crippen LogP contribution is 2.44. The third-order valence-corrected chi connectivity index (χ3v) is 4.43. The van der Waals surface area contributed by atoms with Crippen molar-refractivity contribution in [2.24, 2.45) is 5.18 Å². The largest absolute Gasteiger partial charge is 0.151 e. The Morgan fingerprint density at radius 2 is 1.30 bits per heavy atom. The van der Waals surface area contributed by atoms with Crippen molar-refractivity contribution in [1.29, 1.82) is 0 Å². The van der Waals surface area contributed by atoms with Gasteiger partial charge in [-0.05, 0) is 42.2 Å². The maximum atomic E-state index is 10.9. The van der Waals surface area contributed by atoms with Gasteiger partial charge < -0.3 is 0 Å². The molecule has 1 unspecified atom stereocenters. The van der Waals surface area contributed by atoms with Crippen molar-refractivity contribution in [2.75, 3.05) is 0 Å². The van der Waals surface area contributed by atoms with Gasteiger partial charge in [0, 0.05) is 0 Å². The van der Waals surface area contributed by atoms with Crippen LogP contribution in [0, 0.1) is 4.91 Å². The summed E-state index contributed by atoms with van der Waals surface area (Å²) in [7, 11) is 0. The molecule has 0 spiro atoms. The van der Waals surface area contributed by atoms with E-state index in [-0.39, 0.29) is 6.04 Å². The Hall–Kier alpha value is -1.96. The molecule has 20 heavy (non-hydrogen) atoms. The fourth-order valence-electron chi connectivity index (χ4n) is 3.41. The lowest BCUT2D eigenvalue weighted by molar-refractivity contribution is 0.347. The third-order valence-electron chi connectivity index (χ3n) is 4.43. The molecule has 0 aliphatic heterocycles. The molecule has 1 aliphatic carbocycles. The molecule has 0 bridgehead atoms. The summed E-state index contributed by atoms with van der Waals surface area (Å²) >= 11 is 0. The molecule has 2 heteroatoms. The second kappa shape index (κ2) is 6.00. The standard InChI is InChI=1S/C18H19NO/c20-19-16-11-12-17(14-7-3-1-4-8-14)18(13-16)15-9-5-2-6-10-15/h1-10,16-18H,11-13H2/t16?,17-,18-/m0/s1. The average Bonchev–Trinajstić information content (AvgIpc) is 2.56. The van der Waals surface area contributed by atoms with Crippen molar-refractivity contribution >= 4 is 0 Å². The molecule has 0 saturated heterocycles. The summed E-state index contributed by atoms with van der Waals surface area (Å²) in [5.74, 6) is 0.895. The van der Waals surface area contributed by atoms with Crippen LogP contribution < -0.4 is 0 Å². The highest BCUT2D eigenvalue weighted by molar-refractivity contribution is 5.29. The normalized spacial score (nSPS) is 26.1. The molecule has 3 atom stereocenters. The highest BCUT2D eigenvalue weighted by Gasteiger charge is 2.32. The Bertz CT molecular complexity index is 552. The van der Waals surface area contributed by atoms with Crippen LogP contribution in [0.1, 0.15) is 42.2 Å². The molecule has 1 fully saturated rings. The third kappa shape index (κ3) is 2.64. The van der Waals surface area contributed by atoms with E-state index in [1.165, 1.54) is 11.1 Å². The smallest absolute Gasteiger partial charge is 0.0926 e. The van der Waals surface area contributed by atoms with Crippen molar-refractivity contribution in [3.63, 3.8) is 0 Å². The second-order valence-electron chi connectivity index (χ2n) is 5.61. The maximum Gasteiger partial charge on any atom is 0.0926 e. The molecule has 2 aromatic carbocycles. The van der Waals surface area contributed by atoms with Gasteiger partial charge in [0.25, 0.3) is 0 Å². The van der Waals surface area contributed by atoms with Crippen molar-refractivity contribution < 1.29 is 0 Å². The van der Waals surface area contributed by atoms with Crippen molar-refractivity contribution in [3.8, 4) is 0 Å². The Morgan fingerprint density at radius 1 is 0.750 bits per heavy atom. The molecule has 0 amide bonds. The van der Waals surface area contributed by atoms with Crippen molar-refractivity contribution in [1.82, 2.24) is 0 Å². The molecule has 3 rings (SSSR count). The van der Waals surface area contributed by atoms with Gasteiger partial charge in [-0.2, -0.15) is 4.91 Å². The monoisotopic (exact) mass is 265 g/mol. The van der Waals surface area contributed by atoms with Crippen LogP contribution in [0.2, 0.25) is 0 Å². The number of rotatable bonds is 3. The van der Waals surface area contributed by atoms with Gasteiger partial charge >= 0.3 is 0 Å². The first-order valence-electron chi connectivity index (χ1n) is 7.31. The van der Waals surface area contributed by atoms with Gasteiger partial charge in [0.2, 0.25) is 0 Å². The van der Waals surface area contributed by atoms with Crippen LogP contribution in [0.15, 0.2) is 65.8 Å². The summed E-state index contributed by atoms with van der Waals surface area (Å²) in [6, 6.07) is 21.2. The first-order valence-corrected chi connectivity index (χ1v) is 7.31. The van der Waals surface area contributed by atoms with Gasteiger partial charge in [0.1, 0.15) is 0 Å². The zero-order chi connectivity index (χ0) is 13.8. The van der Waals surface area contributed by atoms with Crippen LogP contribution in [-0.4, -0.2) is 6.04 Å². The maximum absolute atomic E-state index is 10.9. The van der Waals surface area contributed by atoms with E-state index < -0.39 is 0 Å². The first-order chi connectivity index (χ1) is 9.88. The van der Waals surface area contributed by atoms with E-state index in [1.807, 2.05) is 6.07 Å². The SMILES string of the molecule is O=NC1CC[C@@H](c2ccccc2)[C@H](c2ccccc2)C1. The first kappa shape index (κ1) is 13.0. The fraction of sp³-hybridized carbons (Fsp3) is 0.333. The Balaban J connectivity index is 1.93. The molecular weight excluding hydrogens is 246 g/mol. The molecule has 1 aliphatic rings. The minimum atomic E-state index is -0.0276. The molecule has 0 radical (unpaired) electrons. The lowest BCUT2D eigenvalue weighted by Crippen LogP contribution is -2.24. The summed E-state index contributed by atoms with van der Waals surface area (Å²) in [5.41, 5.74) is 2.71. The number of hydrogen-bond donors (Lipinski definition) is 0. The quantitative estimate of drug-likeness (QED) is 0.728. The molecule has 1 saturated carbocycles. The van der Waals surface area contributed by atoms with E-state index in [1.54, 1.807) is 0 Å². The molecule has 0 aromatic heterocycles. The van der Waals surface area contributed by atoms with Crippen LogP contribution in [-0.2, 0) is 0 Å². The topological polar surface area (TPSA) is 29.4 Å². The van der Waals surface area contributed by atoms with E-state index >= 15 is 0 Å². The summed E-state index contributed by atoms with van der Waals surface area (Å²) in [6.07, 6.45) is 2.82.